The van der Waals surface area contributed by atoms with E-state index in [-0.39, 0.29) is 10.8 Å². The van der Waals surface area contributed by atoms with E-state index in [1.807, 2.05) is 11.6 Å². The summed E-state index contributed by atoms with van der Waals surface area (Å²) in [5.41, 5.74) is 5.16. The zero-order valence-electron chi connectivity index (χ0n) is 13.8. The number of anilines is 1. The summed E-state index contributed by atoms with van der Waals surface area (Å²) < 4.78 is 0. The number of Topliss-reactive ketones (excluding diaryl/α,β-unsaturated/α-hetero) is 1. The lowest BCUT2D eigenvalue weighted by Crippen LogP contribution is -2.41. The molecule has 2 heterocycles. The molecule has 1 atom stereocenters. The van der Waals surface area contributed by atoms with Gasteiger partial charge in [0.25, 0.3) is 0 Å². The number of carbonyl (C=O) groups excluding carboxylic acids is 1. The number of benzene rings is 1. The van der Waals surface area contributed by atoms with Crippen LogP contribution in [0.1, 0.15) is 49.5 Å². The Morgan fingerprint density at radius 1 is 1.21 bits per heavy atom. The second-order valence-electron chi connectivity index (χ2n) is 7.41. The van der Waals surface area contributed by atoms with E-state index in [2.05, 4.69) is 41.5 Å². The largest absolute Gasteiger partial charge is 0.342 e. The number of thiazole rings is 1. The molecule has 1 fully saturated rings. The second-order valence-corrected chi connectivity index (χ2v) is 8.27. The Morgan fingerprint density at radius 2 is 2.00 bits per heavy atom. The van der Waals surface area contributed by atoms with E-state index in [1.54, 1.807) is 11.3 Å². The molecule has 2 aliphatic carbocycles. The SMILES string of the molecule is CCC1(c2ccccc2)C2=C(CC3(CC3)CC2=O)Nc2ncsc21. The van der Waals surface area contributed by atoms with Gasteiger partial charge >= 0.3 is 0 Å². The molecule has 1 aromatic carbocycles. The maximum atomic E-state index is 13.3. The summed E-state index contributed by atoms with van der Waals surface area (Å²) in [6.45, 7) is 2.20. The van der Waals surface area contributed by atoms with Crippen molar-refractivity contribution < 1.29 is 4.79 Å². The van der Waals surface area contributed by atoms with Gasteiger partial charge in [-0.05, 0) is 36.7 Å². The summed E-state index contributed by atoms with van der Waals surface area (Å²) in [6, 6.07) is 10.5. The number of aromatic nitrogens is 1. The number of nitrogens with zero attached hydrogens (tertiary/aromatic N) is 1. The lowest BCUT2D eigenvalue weighted by Gasteiger charge is -2.43. The van der Waals surface area contributed by atoms with Gasteiger partial charge in [-0.25, -0.2) is 4.98 Å². The topological polar surface area (TPSA) is 42.0 Å². The predicted octanol–water partition coefficient (Wildman–Crippen LogP) is 4.66. The number of hydrogen-bond donors (Lipinski definition) is 1. The summed E-state index contributed by atoms with van der Waals surface area (Å²) in [6.07, 6.45) is 4.97. The van der Waals surface area contributed by atoms with E-state index < -0.39 is 0 Å². The molecule has 4 heteroatoms. The molecular formula is C20H20N2OS. The fourth-order valence-corrected chi connectivity index (χ4v) is 5.73. The van der Waals surface area contributed by atoms with E-state index in [1.165, 1.54) is 23.3 Å². The van der Waals surface area contributed by atoms with Gasteiger partial charge in [-0.2, -0.15) is 0 Å². The first-order chi connectivity index (χ1) is 11.7. The maximum Gasteiger partial charge on any atom is 0.162 e. The van der Waals surface area contributed by atoms with Crippen molar-refractivity contribution in [3.63, 3.8) is 0 Å². The average Bonchev–Trinajstić information content (AvgIpc) is 3.15. The summed E-state index contributed by atoms with van der Waals surface area (Å²) in [5, 5.41) is 3.52. The molecule has 3 nitrogen and oxygen atoms in total. The average molecular weight is 336 g/mol. The molecule has 1 aliphatic heterocycles. The van der Waals surface area contributed by atoms with Gasteiger partial charge in [-0.1, -0.05) is 37.3 Å². The van der Waals surface area contributed by atoms with Gasteiger partial charge in [0.05, 0.1) is 15.8 Å². The van der Waals surface area contributed by atoms with E-state index in [0.717, 1.165) is 36.4 Å². The van der Waals surface area contributed by atoms with Gasteiger partial charge in [-0.15, -0.1) is 11.3 Å². The smallest absolute Gasteiger partial charge is 0.162 e. The van der Waals surface area contributed by atoms with Gasteiger partial charge in [0.2, 0.25) is 0 Å². The molecule has 1 aromatic heterocycles. The van der Waals surface area contributed by atoms with Crippen molar-refractivity contribution in [2.75, 3.05) is 5.32 Å². The van der Waals surface area contributed by atoms with Crippen molar-refractivity contribution in [2.24, 2.45) is 5.41 Å². The van der Waals surface area contributed by atoms with Crippen LogP contribution in [0.4, 0.5) is 5.82 Å². The van der Waals surface area contributed by atoms with Crippen molar-refractivity contribution in [1.82, 2.24) is 4.98 Å². The van der Waals surface area contributed by atoms with Crippen molar-refractivity contribution in [3.8, 4) is 0 Å². The zero-order chi connectivity index (χ0) is 16.4. The van der Waals surface area contributed by atoms with E-state index >= 15 is 0 Å². The molecule has 0 saturated heterocycles. The van der Waals surface area contributed by atoms with E-state index in [4.69, 9.17) is 0 Å². The minimum atomic E-state index is -0.341. The number of rotatable bonds is 2. The molecule has 122 valence electrons. The maximum absolute atomic E-state index is 13.3. The molecule has 0 bridgehead atoms. The first-order valence-electron chi connectivity index (χ1n) is 8.72. The third-order valence-electron chi connectivity index (χ3n) is 6.07. The van der Waals surface area contributed by atoms with Gasteiger partial charge in [0.15, 0.2) is 5.78 Å². The van der Waals surface area contributed by atoms with Gasteiger partial charge in [0, 0.05) is 17.7 Å². The van der Waals surface area contributed by atoms with Crippen LogP contribution in [0.5, 0.6) is 0 Å². The standard InChI is InChI=1S/C20H20N2OS/c1-2-20(13-6-4-3-5-7-13)16-14(22-18-17(20)24-12-21-18)10-19(8-9-19)11-15(16)23/h3-7,12,22H,2,8-11H2,1H3. The molecule has 0 amide bonds. The Balaban J connectivity index is 1.80. The monoisotopic (exact) mass is 336 g/mol. The molecule has 0 radical (unpaired) electrons. The predicted molar refractivity (Wildman–Crippen MR) is 96.2 cm³/mol. The second kappa shape index (κ2) is 4.79. The Hall–Kier alpha value is -1.94. The van der Waals surface area contributed by atoms with Crippen LogP contribution in [-0.4, -0.2) is 10.8 Å². The molecule has 2 aromatic rings. The normalized spacial score (nSPS) is 26.8. The molecule has 1 N–H and O–H groups in total. The summed E-state index contributed by atoms with van der Waals surface area (Å²) >= 11 is 1.67. The summed E-state index contributed by atoms with van der Waals surface area (Å²) in [4.78, 5) is 19.0. The highest BCUT2D eigenvalue weighted by Crippen LogP contribution is 2.61. The first kappa shape index (κ1) is 14.4. The highest BCUT2D eigenvalue weighted by Gasteiger charge is 2.55. The molecular weight excluding hydrogens is 316 g/mol. The minimum absolute atomic E-state index is 0.243. The van der Waals surface area contributed by atoms with Gasteiger partial charge in [0.1, 0.15) is 5.82 Å². The fraction of sp³-hybridized carbons (Fsp3) is 0.400. The molecule has 1 spiro atoms. The van der Waals surface area contributed by atoms with Crippen LogP contribution in [0.15, 0.2) is 47.1 Å². The van der Waals surface area contributed by atoms with Gasteiger partial charge in [-0.3, -0.25) is 4.79 Å². The molecule has 3 aliphatic rings. The van der Waals surface area contributed by atoms with Crippen LogP contribution < -0.4 is 5.32 Å². The number of ketones is 1. The van der Waals surface area contributed by atoms with E-state index in [9.17, 15) is 4.79 Å². The number of nitrogens with one attached hydrogen (secondary N) is 1. The highest BCUT2D eigenvalue weighted by molar-refractivity contribution is 7.10. The van der Waals surface area contributed by atoms with Crippen molar-refractivity contribution in [2.45, 2.75) is 44.4 Å². The van der Waals surface area contributed by atoms with Crippen LogP contribution in [-0.2, 0) is 10.2 Å². The third-order valence-corrected chi connectivity index (χ3v) is 7.06. The summed E-state index contributed by atoms with van der Waals surface area (Å²) in [7, 11) is 0. The Kier molecular flexibility index (Phi) is 2.88. The zero-order valence-corrected chi connectivity index (χ0v) is 14.6. The highest BCUT2D eigenvalue weighted by atomic mass is 32.1. The van der Waals surface area contributed by atoms with Crippen molar-refractivity contribution in [3.05, 3.63) is 57.6 Å². The van der Waals surface area contributed by atoms with Crippen LogP contribution in [0.2, 0.25) is 0 Å². The van der Waals surface area contributed by atoms with Crippen molar-refractivity contribution >= 4 is 22.9 Å². The lowest BCUT2D eigenvalue weighted by atomic mass is 9.63. The molecule has 1 unspecified atom stereocenters. The van der Waals surface area contributed by atoms with Crippen LogP contribution in [0.25, 0.3) is 0 Å². The van der Waals surface area contributed by atoms with E-state index in [0.29, 0.717) is 5.78 Å². The number of fused-ring (bicyclic) bond motifs is 1. The molecule has 1 saturated carbocycles. The number of hydrogen-bond acceptors (Lipinski definition) is 4. The number of carbonyl (C=O) groups is 1. The molecule has 5 rings (SSSR count). The Morgan fingerprint density at radius 3 is 2.71 bits per heavy atom. The van der Waals surface area contributed by atoms with Crippen LogP contribution >= 0.6 is 11.3 Å². The Bertz CT molecular complexity index is 863. The third kappa shape index (κ3) is 1.78. The minimum Gasteiger partial charge on any atom is -0.342 e. The van der Waals surface area contributed by atoms with Crippen LogP contribution in [0, 0.1) is 5.41 Å². The fourth-order valence-electron chi connectivity index (χ4n) is 4.69. The van der Waals surface area contributed by atoms with Gasteiger partial charge < -0.3 is 5.32 Å². The quantitative estimate of drug-likeness (QED) is 0.867. The van der Waals surface area contributed by atoms with Crippen molar-refractivity contribution in [1.29, 1.82) is 0 Å². The van der Waals surface area contributed by atoms with Crippen LogP contribution in [0.3, 0.4) is 0 Å². The Labute approximate surface area is 145 Å². The summed E-state index contributed by atoms with van der Waals surface area (Å²) in [5.74, 6) is 1.29. The number of allylic oxidation sites excluding steroid dienone is 2. The molecule has 24 heavy (non-hydrogen) atoms. The first-order valence-corrected chi connectivity index (χ1v) is 9.60. The lowest BCUT2D eigenvalue weighted by molar-refractivity contribution is -0.118.